The van der Waals surface area contributed by atoms with Gasteiger partial charge in [0.25, 0.3) is 0 Å². The molecule has 0 amide bonds. The minimum Gasteiger partial charge on any atom is -0.370 e. The van der Waals surface area contributed by atoms with Crippen molar-refractivity contribution in [2.24, 2.45) is 10.7 Å². The van der Waals surface area contributed by atoms with Crippen molar-refractivity contribution >= 4 is 29.9 Å². The summed E-state index contributed by atoms with van der Waals surface area (Å²) in [5, 5.41) is 0. The maximum Gasteiger partial charge on any atom is 0.191 e. The SMILES string of the molecule is CCN1CCN(CCCCN=C(N)N(C)C2CC2)CC1.I. The molecule has 124 valence electrons. The quantitative estimate of drug-likeness (QED) is 0.299. The summed E-state index contributed by atoms with van der Waals surface area (Å²) in [6.45, 7) is 10.4. The lowest BCUT2D eigenvalue weighted by Gasteiger charge is -2.33. The minimum absolute atomic E-state index is 0. The topological polar surface area (TPSA) is 48.1 Å². The van der Waals surface area contributed by atoms with Crippen molar-refractivity contribution in [2.45, 2.75) is 38.6 Å². The van der Waals surface area contributed by atoms with Gasteiger partial charge in [-0.3, -0.25) is 4.99 Å². The smallest absolute Gasteiger partial charge is 0.191 e. The highest BCUT2D eigenvalue weighted by atomic mass is 127. The van der Waals surface area contributed by atoms with Crippen LogP contribution in [-0.4, -0.2) is 79.6 Å². The van der Waals surface area contributed by atoms with Crippen LogP contribution in [0.3, 0.4) is 0 Å². The second-order valence-electron chi connectivity index (χ2n) is 6.07. The normalized spacial score (nSPS) is 21.1. The summed E-state index contributed by atoms with van der Waals surface area (Å²) >= 11 is 0. The second-order valence-corrected chi connectivity index (χ2v) is 6.07. The van der Waals surface area contributed by atoms with Crippen LogP contribution in [0, 0.1) is 0 Å². The van der Waals surface area contributed by atoms with E-state index in [0.717, 1.165) is 18.9 Å². The molecule has 0 aromatic carbocycles. The Kier molecular flexibility index (Phi) is 8.89. The van der Waals surface area contributed by atoms with Crippen LogP contribution in [0.25, 0.3) is 0 Å². The van der Waals surface area contributed by atoms with E-state index in [1.54, 1.807) is 0 Å². The van der Waals surface area contributed by atoms with Gasteiger partial charge in [0.1, 0.15) is 0 Å². The highest BCUT2D eigenvalue weighted by Crippen LogP contribution is 2.24. The molecular weight excluding hydrogens is 377 g/mol. The number of halogens is 1. The molecule has 1 aliphatic carbocycles. The Bertz CT molecular complexity index is 311. The number of aliphatic imine (C=N–C) groups is 1. The van der Waals surface area contributed by atoms with E-state index < -0.39 is 0 Å². The predicted molar refractivity (Wildman–Crippen MR) is 100 cm³/mol. The number of likely N-dealkylation sites (N-methyl/N-ethyl adjacent to an activating group) is 1. The monoisotopic (exact) mass is 409 g/mol. The van der Waals surface area contributed by atoms with Gasteiger partial charge < -0.3 is 20.4 Å². The van der Waals surface area contributed by atoms with Crippen LogP contribution in [-0.2, 0) is 0 Å². The largest absolute Gasteiger partial charge is 0.370 e. The zero-order valence-corrected chi connectivity index (χ0v) is 16.0. The Morgan fingerprint density at radius 1 is 1.14 bits per heavy atom. The van der Waals surface area contributed by atoms with Gasteiger partial charge >= 0.3 is 0 Å². The van der Waals surface area contributed by atoms with Gasteiger partial charge in [-0.25, -0.2) is 0 Å². The summed E-state index contributed by atoms with van der Waals surface area (Å²) in [7, 11) is 2.06. The number of hydrogen-bond acceptors (Lipinski definition) is 3. The third-order valence-corrected chi connectivity index (χ3v) is 4.52. The van der Waals surface area contributed by atoms with E-state index in [9.17, 15) is 0 Å². The van der Waals surface area contributed by atoms with E-state index >= 15 is 0 Å². The first kappa shape index (κ1) is 19.0. The number of nitrogens with two attached hydrogens (primary N) is 1. The molecule has 0 aromatic rings. The lowest BCUT2D eigenvalue weighted by atomic mass is 10.2. The molecule has 0 bridgehead atoms. The zero-order chi connectivity index (χ0) is 14.4. The Morgan fingerprint density at radius 3 is 2.33 bits per heavy atom. The summed E-state index contributed by atoms with van der Waals surface area (Å²) < 4.78 is 0. The molecule has 0 unspecified atom stereocenters. The van der Waals surface area contributed by atoms with E-state index in [2.05, 4.69) is 33.7 Å². The van der Waals surface area contributed by atoms with Crippen LogP contribution in [0.15, 0.2) is 4.99 Å². The maximum absolute atomic E-state index is 5.97. The van der Waals surface area contributed by atoms with Gasteiger partial charge in [0, 0.05) is 45.8 Å². The molecule has 2 N–H and O–H groups in total. The van der Waals surface area contributed by atoms with Crippen molar-refractivity contribution in [3.05, 3.63) is 0 Å². The summed E-state index contributed by atoms with van der Waals surface area (Å²) in [4.78, 5) is 11.7. The van der Waals surface area contributed by atoms with Crippen molar-refractivity contribution < 1.29 is 0 Å². The van der Waals surface area contributed by atoms with Crippen LogP contribution in [0.1, 0.15) is 32.6 Å². The van der Waals surface area contributed by atoms with Crippen LogP contribution >= 0.6 is 24.0 Å². The highest BCUT2D eigenvalue weighted by Gasteiger charge is 2.27. The molecule has 21 heavy (non-hydrogen) atoms. The molecule has 5 nitrogen and oxygen atoms in total. The molecule has 1 heterocycles. The molecule has 1 saturated heterocycles. The van der Waals surface area contributed by atoms with Crippen LogP contribution in [0.2, 0.25) is 0 Å². The summed E-state index contributed by atoms with van der Waals surface area (Å²) in [6.07, 6.45) is 4.93. The molecular formula is C15H32IN5. The number of rotatable bonds is 7. The molecule has 6 heteroatoms. The molecule has 0 radical (unpaired) electrons. The first-order chi connectivity index (χ1) is 9.70. The van der Waals surface area contributed by atoms with Gasteiger partial charge in [-0.15, -0.1) is 24.0 Å². The minimum atomic E-state index is 0. The third kappa shape index (κ3) is 6.69. The fourth-order valence-electron chi connectivity index (χ4n) is 2.73. The molecule has 2 aliphatic rings. The Labute approximate surface area is 146 Å². The van der Waals surface area contributed by atoms with Gasteiger partial charge in [0.15, 0.2) is 5.96 Å². The molecule has 0 spiro atoms. The number of hydrogen-bond donors (Lipinski definition) is 1. The summed E-state index contributed by atoms with van der Waals surface area (Å²) in [5.74, 6) is 0.726. The average Bonchev–Trinajstić information content (AvgIpc) is 3.31. The molecule has 0 aromatic heterocycles. The lowest BCUT2D eigenvalue weighted by molar-refractivity contribution is 0.136. The molecule has 1 aliphatic heterocycles. The lowest BCUT2D eigenvalue weighted by Crippen LogP contribution is -2.46. The fraction of sp³-hybridized carbons (Fsp3) is 0.933. The average molecular weight is 409 g/mol. The maximum atomic E-state index is 5.97. The third-order valence-electron chi connectivity index (χ3n) is 4.52. The highest BCUT2D eigenvalue weighted by molar-refractivity contribution is 14.0. The first-order valence-corrected chi connectivity index (χ1v) is 8.18. The van der Waals surface area contributed by atoms with Gasteiger partial charge in [-0.1, -0.05) is 6.92 Å². The van der Waals surface area contributed by atoms with Crippen molar-refractivity contribution in [1.82, 2.24) is 14.7 Å². The van der Waals surface area contributed by atoms with Crippen molar-refractivity contribution in [3.8, 4) is 0 Å². The van der Waals surface area contributed by atoms with Crippen LogP contribution in [0.5, 0.6) is 0 Å². The Morgan fingerprint density at radius 2 is 1.76 bits per heavy atom. The number of piperazine rings is 1. The number of nitrogens with zero attached hydrogens (tertiary/aromatic N) is 4. The van der Waals surface area contributed by atoms with Crippen molar-refractivity contribution in [1.29, 1.82) is 0 Å². The standard InChI is InChI=1S/C15H31N5.HI/c1-3-19-10-12-20(13-11-19)9-5-4-8-17-15(16)18(2)14-6-7-14;/h14H,3-13H2,1-2H3,(H2,16,17);1H. The van der Waals surface area contributed by atoms with Gasteiger partial charge in [-0.05, 0) is 38.8 Å². The number of unbranched alkanes of at least 4 members (excludes halogenated alkanes) is 1. The Hall–Kier alpha value is -0.0800. The number of guanidine groups is 1. The molecule has 2 fully saturated rings. The van der Waals surface area contributed by atoms with Gasteiger partial charge in [0.05, 0.1) is 0 Å². The first-order valence-electron chi connectivity index (χ1n) is 8.18. The van der Waals surface area contributed by atoms with Gasteiger partial charge in [0.2, 0.25) is 0 Å². The molecule has 2 rings (SSSR count). The Balaban J connectivity index is 0.00000220. The van der Waals surface area contributed by atoms with Crippen LogP contribution in [0.4, 0.5) is 0 Å². The summed E-state index contributed by atoms with van der Waals surface area (Å²) in [5.41, 5.74) is 5.97. The fourth-order valence-corrected chi connectivity index (χ4v) is 2.73. The molecule has 1 saturated carbocycles. The summed E-state index contributed by atoms with van der Waals surface area (Å²) in [6, 6.07) is 0.661. The van der Waals surface area contributed by atoms with E-state index in [0.29, 0.717) is 6.04 Å². The molecule has 0 atom stereocenters. The zero-order valence-electron chi connectivity index (χ0n) is 13.6. The van der Waals surface area contributed by atoms with E-state index in [1.165, 1.54) is 58.5 Å². The van der Waals surface area contributed by atoms with E-state index in [4.69, 9.17) is 5.73 Å². The van der Waals surface area contributed by atoms with Crippen molar-refractivity contribution in [3.63, 3.8) is 0 Å². The van der Waals surface area contributed by atoms with Crippen molar-refractivity contribution in [2.75, 3.05) is 52.9 Å². The predicted octanol–water partition coefficient (Wildman–Crippen LogP) is 1.43. The second kappa shape index (κ2) is 9.84. The van der Waals surface area contributed by atoms with E-state index in [-0.39, 0.29) is 24.0 Å². The van der Waals surface area contributed by atoms with Gasteiger partial charge in [-0.2, -0.15) is 0 Å². The van der Waals surface area contributed by atoms with Crippen LogP contribution < -0.4 is 5.73 Å². The van der Waals surface area contributed by atoms with E-state index in [1.807, 2.05) is 0 Å².